The summed E-state index contributed by atoms with van der Waals surface area (Å²) in [6.07, 6.45) is 1.62. The van der Waals surface area contributed by atoms with Crippen LogP contribution in [-0.4, -0.2) is 41.8 Å². The van der Waals surface area contributed by atoms with Crippen LogP contribution in [0.2, 0.25) is 0 Å². The SMILES string of the molecule is CC(C)CCC(C)NC(=O)N(C)CC(C)O. The van der Waals surface area contributed by atoms with E-state index in [0.29, 0.717) is 12.5 Å². The normalized spacial score (nSPS) is 14.7. The van der Waals surface area contributed by atoms with Crippen molar-refractivity contribution in [3.05, 3.63) is 0 Å². The Morgan fingerprint density at radius 1 is 1.25 bits per heavy atom. The Morgan fingerprint density at radius 3 is 2.25 bits per heavy atom. The lowest BCUT2D eigenvalue weighted by Gasteiger charge is -2.22. The lowest BCUT2D eigenvalue weighted by atomic mass is 10.0. The van der Waals surface area contributed by atoms with Gasteiger partial charge < -0.3 is 15.3 Å². The summed E-state index contributed by atoms with van der Waals surface area (Å²) < 4.78 is 0. The molecule has 2 amide bonds. The Hall–Kier alpha value is -0.770. The molecule has 4 heteroatoms. The quantitative estimate of drug-likeness (QED) is 0.731. The first-order valence-electron chi connectivity index (χ1n) is 6.02. The minimum atomic E-state index is -0.485. The maximum atomic E-state index is 11.6. The fourth-order valence-corrected chi connectivity index (χ4v) is 1.46. The van der Waals surface area contributed by atoms with Crippen LogP contribution in [0.4, 0.5) is 4.79 Å². The van der Waals surface area contributed by atoms with Crippen molar-refractivity contribution in [2.24, 2.45) is 5.92 Å². The van der Waals surface area contributed by atoms with Crippen LogP contribution in [0.15, 0.2) is 0 Å². The molecule has 0 heterocycles. The molecule has 0 radical (unpaired) electrons. The van der Waals surface area contributed by atoms with E-state index in [2.05, 4.69) is 19.2 Å². The maximum Gasteiger partial charge on any atom is 0.317 e. The van der Waals surface area contributed by atoms with Crippen molar-refractivity contribution in [1.29, 1.82) is 0 Å². The monoisotopic (exact) mass is 230 g/mol. The van der Waals surface area contributed by atoms with Crippen LogP contribution in [0.25, 0.3) is 0 Å². The zero-order valence-electron chi connectivity index (χ0n) is 11.2. The average molecular weight is 230 g/mol. The molecule has 2 unspecified atom stereocenters. The summed E-state index contributed by atoms with van der Waals surface area (Å²) in [6, 6.07) is 0.0727. The van der Waals surface area contributed by atoms with Crippen LogP contribution in [-0.2, 0) is 0 Å². The molecule has 96 valence electrons. The molecule has 0 fully saturated rings. The van der Waals surface area contributed by atoms with E-state index in [9.17, 15) is 4.79 Å². The van der Waals surface area contributed by atoms with Gasteiger partial charge in [-0.1, -0.05) is 13.8 Å². The van der Waals surface area contributed by atoms with E-state index in [1.54, 1.807) is 14.0 Å². The highest BCUT2D eigenvalue weighted by molar-refractivity contribution is 5.74. The molecule has 16 heavy (non-hydrogen) atoms. The number of hydrogen-bond donors (Lipinski definition) is 2. The number of hydrogen-bond acceptors (Lipinski definition) is 2. The fraction of sp³-hybridized carbons (Fsp3) is 0.917. The smallest absolute Gasteiger partial charge is 0.317 e. The molecule has 0 aromatic heterocycles. The average Bonchev–Trinajstić information content (AvgIpc) is 2.13. The van der Waals surface area contributed by atoms with Crippen molar-refractivity contribution in [2.75, 3.05) is 13.6 Å². The Kier molecular flexibility index (Phi) is 7.13. The highest BCUT2D eigenvalue weighted by Gasteiger charge is 2.13. The standard InChI is InChI=1S/C12H26N2O2/c1-9(2)6-7-10(3)13-12(16)14(5)8-11(4)15/h9-11,15H,6-8H2,1-5H3,(H,13,16). The number of likely N-dealkylation sites (N-methyl/N-ethyl adjacent to an activating group) is 1. The van der Waals surface area contributed by atoms with Crippen molar-refractivity contribution in [2.45, 2.75) is 52.7 Å². The van der Waals surface area contributed by atoms with Crippen molar-refractivity contribution in [3.63, 3.8) is 0 Å². The van der Waals surface area contributed by atoms with Crippen molar-refractivity contribution in [3.8, 4) is 0 Å². The molecule has 2 N–H and O–H groups in total. The molecular formula is C12H26N2O2. The Morgan fingerprint density at radius 2 is 1.81 bits per heavy atom. The van der Waals surface area contributed by atoms with Crippen LogP contribution in [0.5, 0.6) is 0 Å². The van der Waals surface area contributed by atoms with Gasteiger partial charge in [0.25, 0.3) is 0 Å². The summed E-state index contributed by atoms with van der Waals surface area (Å²) in [4.78, 5) is 13.1. The zero-order valence-corrected chi connectivity index (χ0v) is 11.2. The summed E-state index contributed by atoms with van der Waals surface area (Å²) in [7, 11) is 1.69. The van der Waals surface area contributed by atoms with Gasteiger partial charge in [0.2, 0.25) is 0 Å². The molecule has 0 aliphatic rings. The Balaban J connectivity index is 3.85. The third kappa shape index (κ3) is 7.51. The van der Waals surface area contributed by atoms with Gasteiger partial charge >= 0.3 is 6.03 Å². The molecule has 0 saturated heterocycles. The highest BCUT2D eigenvalue weighted by Crippen LogP contribution is 2.06. The van der Waals surface area contributed by atoms with Gasteiger partial charge in [-0.05, 0) is 32.6 Å². The second-order valence-corrected chi connectivity index (χ2v) is 5.05. The Labute approximate surface area is 99.0 Å². The predicted molar refractivity (Wildman–Crippen MR) is 66.4 cm³/mol. The second kappa shape index (κ2) is 7.49. The third-order valence-corrected chi connectivity index (χ3v) is 2.43. The molecule has 0 bridgehead atoms. The van der Waals surface area contributed by atoms with Gasteiger partial charge in [0.05, 0.1) is 6.10 Å². The number of amides is 2. The van der Waals surface area contributed by atoms with Crippen LogP contribution >= 0.6 is 0 Å². The summed E-state index contributed by atoms with van der Waals surface area (Å²) in [6.45, 7) is 8.40. The Bertz CT molecular complexity index is 205. The van der Waals surface area contributed by atoms with Crippen LogP contribution in [0, 0.1) is 5.92 Å². The number of nitrogens with zero attached hydrogens (tertiary/aromatic N) is 1. The molecule has 0 spiro atoms. The molecule has 0 rings (SSSR count). The van der Waals surface area contributed by atoms with E-state index in [1.165, 1.54) is 4.90 Å². The highest BCUT2D eigenvalue weighted by atomic mass is 16.3. The topological polar surface area (TPSA) is 52.6 Å². The number of carbonyl (C=O) groups is 1. The van der Waals surface area contributed by atoms with Crippen LogP contribution in [0.3, 0.4) is 0 Å². The van der Waals surface area contributed by atoms with E-state index in [-0.39, 0.29) is 12.1 Å². The van der Waals surface area contributed by atoms with E-state index in [0.717, 1.165) is 12.8 Å². The van der Waals surface area contributed by atoms with Crippen molar-refractivity contribution >= 4 is 6.03 Å². The molecule has 4 nitrogen and oxygen atoms in total. The number of urea groups is 1. The second-order valence-electron chi connectivity index (χ2n) is 5.05. The number of aliphatic hydroxyl groups is 1. The first kappa shape index (κ1) is 15.2. The van der Waals surface area contributed by atoms with Gasteiger partial charge in [0.15, 0.2) is 0 Å². The first-order chi connectivity index (χ1) is 7.32. The largest absolute Gasteiger partial charge is 0.392 e. The predicted octanol–water partition coefficient (Wildman–Crippen LogP) is 1.83. The lowest BCUT2D eigenvalue weighted by Crippen LogP contribution is -2.44. The lowest BCUT2D eigenvalue weighted by molar-refractivity contribution is 0.142. The van der Waals surface area contributed by atoms with E-state index in [1.807, 2.05) is 6.92 Å². The summed E-state index contributed by atoms with van der Waals surface area (Å²) in [5.74, 6) is 0.662. The molecule has 0 aromatic rings. The number of rotatable bonds is 6. The summed E-state index contributed by atoms with van der Waals surface area (Å²) in [5, 5.41) is 12.1. The summed E-state index contributed by atoms with van der Waals surface area (Å²) >= 11 is 0. The summed E-state index contributed by atoms with van der Waals surface area (Å²) in [5.41, 5.74) is 0. The van der Waals surface area contributed by atoms with Gasteiger partial charge in [-0.15, -0.1) is 0 Å². The molecule has 2 atom stereocenters. The van der Waals surface area contributed by atoms with Crippen LogP contribution < -0.4 is 5.32 Å². The van der Waals surface area contributed by atoms with Gasteiger partial charge in [-0.3, -0.25) is 0 Å². The van der Waals surface area contributed by atoms with E-state index >= 15 is 0 Å². The fourth-order valence-electron chi connectivity index (χ4n) is 1.46. The minimum absolute atomic E-state index is 0.114. The van der Waals surface area contributed by atoms with E-state index < -0.39 is 6.10 Å². The third-order valence-electron chi connectivity index (χ3n) is 2.43. The number of aliphatic hydroxyl groups excluding tert-OH is 1. The van der Waals surface area contributed by atoms with E-state index in [4.69, 9.17) is 5.11 Å². The number of nitrogens with one attached hydrogen (secondary N) is 1. The van der Waals surface area contributed by atoms with Crippen molar-refractivity contribution < 1.29 is 9.90 Å². The van der Waals surface area contributed by atoms with Gasteiger partial charge in [0, 0.05) is 19.6 Å². The molecule has 0 aliphatic carbocycles. The van der Waals surface area contributed by atoms with Gasteiger partial charge in [-0.25, -0.2) is 4.79 Å². The number of carbonyl (C=O) groups excluding carboxylic acids is 1. The van der Waals surface area contributed by atoms with Crippen molar-refractivity contribution in [1.82, 2.24) is 10.2 Å². The minimum Gasteiger partial charge on any atom is -0.392 e. The van der Waals surface area contributed by atoms with Gasteiger partial charge in [-0.2, -0.15) is 0 Å². The molecular weight excluding hydrogens is 204 g/mol. The molecule has 0 aliphatic heterocycles. The zero-order chi connectivity index (χ0) is 12.7. The molecule has 0 saturated carbocycles. The van der Waals surface area contributed by atoms with Gasteiger partial charge in [0.1, 0.15) is 0 Å². The molecule has 0 aromatic carbocycles. The van der Waals surface area contributed by atoms with Crippen LogP contribution in [0.1, 0.15) is 40.5 Å². The first-order valence-corrected chi connectivity index (χ1v) is 6.02. The maximum absolute atomic E-state index is 11.6.